The Morgan fingerprint density at radius 3 is 2.15 bits per heavy atom. The first-order chi connectivity index (χ1) is 16.3. The number of unbranched alkanes of at least 4 members (excludes halogenated alkanes) is 2. The fourth-order valence-electron chi connectivity index (χ4n) is 4.51. The number of nitrogens with one attached hydrogen (secondary N) is 1. The van der Waals surface area contributed by atoms with Crippen molar-refractivity contribution in [3.63, 3.8) is 0 Å². The van der Waals surface area contributed by atoms with Crippen LogP contribution in [0.5, 0.6) is 0 Å². The molecular formula is C29H35N3O. The van der Waals surface area contributed by atoms with Gasteiger partial charge in [0, 0.05) is 50.4 Å². The highest BCUT2D eigenvalue weighted by atomic mass is 16.1. The van der Waals surface area contributed by atoms with Gasteiger partial charge in [-0.05, 0) is 36.6 Å². The van der Waals surface area contributed by atoms with E-state index < -0.39 is 0 Å². The summed E-state index contributed by atoms with van der Waals surface area (Å²) in [5.74, 6) is 0.157. The van der Waals surface area contributed by atoms with Gasteiger partial charge in [0.15, 0.2) is 0 Å². The van der Waals surface area contributed by atoms with E-state index in [4.69, 9.17) is 0 Å². The molecule has 1 aliphatic heterocycles. The van der Waals surface area contributed by atoms with E-state index in [1.807, 2.05) is 30.3 Å². The molecule has 0 atom stereocenters. The van der Waals surface area contributed by atoms with Crippen molar-refractivity contribution in [3.05, 3.63) is 90.5 Å². The number of rotatable bonds is 10. The van der Waals surface area contributed by atoms with E-state index in [2.05, 4.69) is 69.7 Å². The second-order valence-electron chi connectivity index (χ2n) is 8.78. The lowest BCUT2D eigenvalue weighted by molar-refractivity contribution is -0.121. The van der Waals surface area contributed by atoms with Crippen LogP contribution in [0.1, 0.15) is 31.2 Å². The predicted octanol–water partition coefficient (Wildman–Crippen LogP) is 5.35. The average Bonchev–Trinajstić information content (AvgIpc) is 2.89. The van der Waals surface area contributed by atoms with Gasteiger partial charge in [0.25, 0.3) is 0 Å². The highest BCUT2D eigenvalue weighted by Gasteiger charge is 2.19. The molecule has 1 saturated heterocycles. The number of hydrogen-bond donors (Lipinski definition) is 1. The molecule has 0 saturated carbocycles. The summed E-state index contributed by atoms with van der Waals surface area (Å²) in [5, 5.41) is 3.02. The lowest BCUT2D eigenvalue weighted by atomic mass is 10.0. The largest absolute Gasteiger partial charge is 0.368 e. The van der Waals surface area contributed by atoms with Crippen molar-refractivity contribution in [2.24, 2.45) is 0 Å². The van der Waals surface area contributed by atoms with Gasteiger partial charge in [-0.1, -0.05) is 85.3 Å². The van der Waals surface area contributed by atoms with Crippen molar-refractivity contribution >= 4 is 11.6 Å². The second-order valence-corrected chi connectivity index (χ2v) is 8.78. The minimum atomic E-state index is 0.157. The molecule has 0 unspecified atom stereocenters. The molecular weight excluding hydrogens is 406 g/mol. The van der Waals surface area contributed by atoms with E-state index in [9.17, 15) is 4.79 Å². The summed E-state index contributed by atoms with van der Waals surface area (Å²) in [6, 6.07) is 29.5. The van der Waals surface area contributed by atoms with Gasteiger partial charge in [0.05, 0.1) is 0 Å². The van der Waals surface area contributed by atoms with Crippen LogP contribution in [0.25, 0.3) is 11.1 Å². The van der Waals surface area contributed by atoms with E-state index >= 15 is 0 Å². The molecule has 0 bridgehead atoms. The molecule has 1 aliphatic rings. The van der Waals surface area contributed by atoms with Gasteiger partial charge in [-0.2, -0.15) is 0 Å². The molecule has 172 valence electrons. The fraction of sp³-hybridized carbons (Fsp3) is 0.345. The molecule has 4 nitrogen and oxygen atoms in total. The quantitative estimate of drug-likeness (QED) is 0.431. The first-order valence-electron chi connectivity index (χ1n) is 12.2. The minimum absolute atomic E-state index is 0.157. The lowest BCUT2D eigenvalue weighted by Gasteiger charge is -2.37. The maximum Gasteiger partial charge on any atom is 0.220 e. The van der Waals surface area contributed by atoms with Gasteiger partial charge < -0.3 is 10.2 Å². The molecule has 1 fully saturated rings. The summed E-state index contributed by atoms with van der Waals surface area (Å²) >= 11 is 0. The Hall–Kier alpha value is -3.11. The van der Waals surface area contributed by atoms with Crippen LogP contribution >= 0.6 is 0 Å². The molecule has 4 rings (SSSR count). The summed E-state index contributed by atoms with van der Waals surface area (Å²) in [7, 11) is 0. The molecule has 4 heteroatoms. The molecule has 3 aromatic rings. The van der Waals surface area contributed by atoms with Gasteiger partial charge in [0.1, 0.15) is 0 Å². The van der Waals surface area contributed by atoms with E-state index in [0.717, 1.165) is 57.5 Å². The van der Waals surface area contributed by atoms with E-state index in [0.29, 0.717) is 13.0 Å². The molecule has 1 heterocycles. The molecule has 3 aromatic carbocycles. The Labute approximate surface area is 198 Å². The van der Waals surface area contributed by atoms with Crippen molar-refractivity contribution < 1.29 is 4.79 Å². The van der Waals surface area contributed by atoms with Crippen LogP contribution in [-0.2, 0) is 11.3 Å². The molecule has 0 aromatic heterocycles. The number of carbonyl (C=O) groups is 1. The predicted molar refractivity (Wildman–Crippen MR) is 137 cm³/mol. The van der Waals surface area contributed by atoms with Gasteiger partial charge in [0.2, 0.25) is 5.91 Å². The Bertz CT molecular complexity index is 982. The van der Waals surface area contributed by atoms with Crippen molar-refractivity contribution in [2.45, 2.75) is 32.2 Å². The van der Waals surface area contributed by atoms with Gasteiger partial charge in [-0.25, -0.2) is 0 Å². The molecule has 33 heavy (non-hydrogen) atoms. The molecule has 0 radical (unpaired) electrons. The van der Waals surface area contributed by atoms with Crippen LogP contribution in [0.2, 0.25) is 0 Å². The Morgan fingerprint density at radius 1 is 0.727 bits per heavy atom. The van der Waals surface area contributed by atoms with Gasteiger partial charge in [-0.3, -0.25) is 9.69 Å². The second kappa shape index (κ2) is 12.2. The maximum atomic E-state index is 12.1. The van der Waals surface area contributed by atoms with Crippen LogP contribution in [-0.4, -0.2) is 43.5 Å². The monoisotopic (exact) mass is 441 g/mol. The zero-order chi connectivity index (χ0) is 22.7. The van der Waals surface area contributed by atoms with Gasteiger partial charge in [-0.15, -0.1) is 0 Å². The average molecular weight is 442 g/mol. The first kappa shape index (κ1) is 23.1. The van der Waals surface area contributed by atoms with Crippen LogP contribution in [0.3, 0.4) is 0 Å². The molecule has 0 aliphatic carbocycles. The minimum Gasteiger partial charge on any atom is -0.368 e. The first-order valence-corrected chi connectivity index (χ1v) is 12.2. The van der Waals surface area contributed by atoms with Crippen LogP contribution < -0.4 is 10.2 Å². The normalized spacial score (nSPS) is 14.2. The van der Waals surface area contributed by atoms with E-state index in [1.165, 1.54) is 16.8 Å². The van der Waals surface area contributed by atoms with Crippen LogP contribution in [0.4, 0.5) is 5.69 Å². The maximum absolute atomic E-state index is 12.1. The molecule has 0 spiro atoms. The van der Waals surface area contributed by atoms with Crippen molar-refractivity contribution in [1.29, 1.82) is 0 Å². The number of anilines is 1. The fourth-order valence-corrected chi connectivity index (χ4v) is 4.51. The van der Waals surface area contributed by atoms with Crippen LogP contribution in [0.15, 0.2) is 84.9 Å². The smallest absolute Gasteiger partial charge is 0.220 e. The summed E-state index contributed by atoms with van der Waals surface area (Å²) in [5.41, 5.74) is 5.08. The number of nitrogens with zero attached hydrogens (tertiary/aromatic N) is 2. The summed E-state index contributed by atoms with van der Waals surface area (Å²) in [4.78, 5) is 17.1. The SMILES string of the molecule is O=C(CCCCCN1CCN(c2ccccc2-c2ccccc2)CC1)NCc1ccccc1. The lowest BCUT2D eigenvalue weighted by Crippen LogP contribution is -2.46. The number of amides is 1. The Balaban J connectivity index is 1.14. The zero-order valence-electron chi connectivity index (χ0n) is 19.5. The topological polar surface area (TPSA) is 35.6 Å². The summed E-state index contributed by atoms with van der Waals surface area (Å²) in [6.07, 6.45) is 3.85. The third-order valence-corrected chi connectivity index (χ3v) is 6.41. The Kier molecular flexibility index (Phi) is 8.54. The highest BCUT2D eigenvalue weighted by Crippen LogP contribution is 2.31. The van der Waals surface area contributed by atoms with Crippen molar-refractivity contribution in [3.8, 4) is 11.1 Å². The molecule has 1 N–H and O–H groups in total. The standard InChI is InChI=1S/C29H35N3O/c33-29(30-24-25-12-4-1-5-13-25)18-8-3-11-19-31-20-22-32(23-21-31)28-17-10-9-16-27(28)26-14-6-2-7-15-26/h1-2,4-7,9-10,12-17H,3,8,11,18-24H2,(H,30,33). The number of para-hydroxylation sites is 1. The number of hydrogen-bond acceptors (Lipinski definition) is 3. The number of benzene rings is 3. The van der Waals surface area contributed by atoms with Gasteiger partial charge >= 0.3 is 0 Å². The van der Waals surface area contributed by atoms with Crippen LogP contribution in [0, 0.1) is 0 Å². The summed E-state index contributed by atoms with van der Waals surface area (Å²) in [6.45, 7) is 6.07. The van der Waals surface area contributed by atoms with E-state index in [1.54, 1.807) is 0 Å². The zero-order valence-corrected chi connectivity index (χ0v) is 19.5. The van der Waals surface area contributed by atoms with Crippen molar-refractivity contribution in [2.75, 3.05) is 37.6 Å². The Morgan fingerprint density at radius 2 is 1.39 bits per heavy atom. The number of piperazine rings is 1. The third kappa shape index (κ3) is 6.93. The molecule has 1 amide bonds. The highest BCUT2D eigenvalue weighted by molar-refractivity contribution is 5.78. The van der Waals surface area contributed by atoms with Crippen molar-refractivity contribution in [1.82, 2.24) is 10.2 Å². The summed E-state index contributed by atoms with van der Waals surface area (Å²) < 4.78 is 0. The third-order valence-electron chi connectivity index (χ3n) is 6.41. The number of carbonyl (C=O) groups excluding carboxylic acids is 1. The van der Waals surface area contributed by atoms with E-state index in [-0.39, 0.29) is 5.91 Å².